The molecule has 0 fully saturated rings. The lowest BCUT2D eigenvalue weighted by atomic mass is 10.2. The maximum absolute atomic E-state index is 11.7. The second-order valence-corrected chi connectivity index (χ2v) is 5.49. The Morgan fingerprint density at radius 2 is 1.14 bits per heavy atom. The van der Waals surface area contributed by atoms with Crippen LogP contribution in [0.2, 0.25) is 0 Å². The summed E-state index contributed by atoms with van der Waals surface area (Å²) >= 11 is 0. The summed E-state index contributed by atoms with van der Waals surface area (Å²) in [6.45, 7) is -0.505. The molecule has 6 N–H and O–H groups in total. The van der Waals surface area contributed by atoms with Crippen molar-refractivity contribution in [3.8, 4) is 11.5 Å². The highest BCUT2D eigenvalue weighted by atomic mass is 16.6. The molecule has 0 saturated heterocycles. The Bertz CT molecular complexity index is 725. The molecule has 10 heteroatoms. The third-order valence-corrected chi connectivity index (χ3v) is 3.22. The molecule has 156 valence electrons. The van der Waals surface area contributed by atoms with Gasteiger partial charge in [0, 0.05) is 0 Å². The van der Waals surface area contributed by atoms with E-state index in [1.807, 2.05) is 0 Å². The molecule has 0 spiro atoms. The van der Waals surface area contributed by atoms with Gasteiger partial charge in [0.1, 0.15) is 17.5 Å². The lowest BCUT2D eigenvalue weighted by Crippen LogP contribution is -2.43. The Hall–Kier alpha value is -3.31. The fourth-order valence-corrected chi connectivity index (χ4v) is 1.67. The van der Waals surface area contributed by atoms with Crippen LogP contribution in [0.4, 0.5) is 0 Å². The minimum absolute atomic E-state index is 0.190. The van der Waals surface area contributed by atoms with Crippen LogP contribution >= 0.6 is 0 Å². The van der Waals surface area contributed by atoms with E-state index >= 15 is 0 Å². The number of rotatable bonds is 7. The van der Waals surface area contributed by atoms with E-state index in [4.69, 9.17) is 25.4 Å². The molecule has 0 saturated carbocycles. The molecule has 2 aromatic carbocycles. The fourth-order valence-electron chi connectivity index (χ4n) is 1.67. The molecule has 0 heterocycles. The van der Waals surface area contributed by atoms with Gasteiger partial charge in [0.05, 0.1) is 6.61 Å². The van der Waals surface area contributed by atoms with E-state index in [-0.39, 0.29) is 11.5 Å². The number of carbonyl (C=O) groups excluding carboxylic acids is 2. The predicted octanol–water partition coefficient (Wildman–Crippen LogP) is -0.690. The molecule has 10 nitrogen and oxygen atoms in total. The highest BCUT2D eigenvalue weighted by molar-refractivity contribution is 5.87. The molecule has 0 bridgehead atoms. The highest BCUT2D eigenvalue weighted by Gasteiger charge is 2.33. The first kappa shape index (κ1) is 23.7. The van der Waals surface area contributed by atoms with Gasteiger partial charge in [-0.1, -0.05) is 36.4 Å². The molecule has 0 radical (unpaired) electrons. The van der Waals surface area contributed by atoms with Crippen LogP contribution in [0.25, 0.3) is 0 Å². The van der Waals surface area contributed by atoms with Crippen molar-refractivity contribution in [1.29, 1.82) is 0 Å². The van der Waals surface area contributed by atoms with Crippen LogP contribution in [0.1, 0.15) is 0 Å². The van der Waals surface area contributed by atoms with E-state index in [2.05, 4.69) is 0 Å². The van der Waals surface area contributed by atoms with Crippen LogP contribution in [0.15, 0.2) is 60.7 Å². The van der Waals surface area contributed by atoms with Crippen molar-refractivity contribution in [1.82, 2.24) is 0 Å². The standard InChI is InChI=1S/C16H14O6.C3H7NO3/c17-13(15(19)21-11-7-3-1-4-8-11)14(18)16(20)22-12-9-5-2-6-10-12;4-2(1-5)3(6)7/h1-10,13-14,17-18H;2,5H,1,4H2,(H,6,7)/t;2-/m.0/s1. The van der Waals surface area contributed by atoms with Gasteiger partial charge in [-0.3, -0.25) is 4.79 Å². The number of ether oxygens (including phenoxy) is 2. The Morgan fingerprint density at radius 3 is 1.38 bits per heavy atom. The van der Waals surface area contributed by atoms with E-state index in [9.17, 15) is 24.6 Å². The van der Waals surface area contributed by atoms with E-state index in [1.165, 1.54) is 24.3 Å². The van der Waals surface area contributed by atoms with Crippen molar-refractivity contribution in [2.45, 2.75) is 18.2 Å². The number of carboxylic acid groups (broad SMARTS) is 1. The summed E-state index contributed by atoms with van der Waals surface area (Å²) < 4.78 is 9.68. The summed E-state index contributed by atoms with van der Waals surface area (Å²) in [5.74, 6) is -3.10. The Labute approximate surface area is 165 Å². The summed E-state index contributed by atoms with van der Waals surface area (Å²) in [7, 11) is 0. The molecule has 0 aliphatic heterocycles. The maximum atomic E-state index is 11.7. The van der Waals surface area contributed by atoms with Gasteiger partial charge in [-0.15, -0.1) is 0 Å². The molecule has 0 aliphatic carbocycles. The number of nitrogens with two attached hydrogens (primary N) is 1. The minimum atomic E-state index is -2.04. The van der Waals surface area contributed by atoms with Crippen molar-refractivity contribution < 1.29 is 44.3 Å². The lowest BCUT2D eigenvalue weighted by Gasteiger charge is -2.15. The summed E-state index contributed by atoms with van der Waals surface area (Å²) in [6.07, 6.45) is -4.09. The van der Waals surface area contributed by atoms with Gasteiger partial charge in [-0.05, 0) is 24.3 Å². The van der Waals surface area contributed by atoms with Crippen LogP contribution in [0.3, 0.4) is 0 Å². The molecular formula is C19H21NO9. The van der Waals surface area contributed by atoms with Crippen molar-refractivity contribution in [3.63, 3.8) is 0 Å². The molecule has 2 aromatic rings. The van der Waals surface area contributed by atoms with Crippen LogP contribution in [0, 0.1) is 0 Å². The van der Waals surface area contributed by atoms with Crippen LogP contribution in [-0.2, 0) is 14.4 Å². The number of carboxylic acids is 1. The topological polar surface area (TPSA) is 177 Å². The zero-order valence-electron chi connectivity index (χ0n) is 15.1. The number of carbonyl (C=O) groups is 3. The molecule has 3 atom stereocenters. The number of hydrogen-bond acceptors (Lipinski definition) is 9. The molecule has 0 aliphatic rings. The molecule has 29 heavy (non-hydrogen) atoms. The van der Waals surface area contributed by atoms with Crippen LogP contribution < -0.4 is 15.2 Å². The minimum Gasteiger partial charge on any atom is -0.480 e. The smallest absolute Gasteiger partial charge is 0.343 e. The first-order valence-electron chi connectivity index (χ1n) is 8.25. The molecular weight excluding hydrogens is 386 g/mol. The highest BCUT2D eigenvalue weighted by Crippen LogP contribution is 2.13. The van der Waals surface area contributed by atoms with Gasteiger partial charge >= 0.3 is 17.9 Å². The SMILES string of the molecule is N[C@@H](CO)C(=O)O.O=C(Oc1ccccc1)C(O)C(O)C(=O)Oc1ccccc1. The maximum Gasteiger partial charge on any atom is 0.343 e. The molecule has 0 aromatic heterocycles. The average molecular weight is 407 g/mol. The largest absolute Gasteiger partial charge is 0.480 e. The third kappa shape index (κ3) is 8.49. The first-order chi connectivity index (χ1) is 13.8. The summed E-state index contributed by atoms with van der Waals surface area (Å²) in [5, 5.41) is 35.2. The Morgan fingerprint density at radius 1 is 0.793 bits per heavy atom. The van der Waals surface area contributed by atoms with Crippen molar-refractivity contribution in [2.24, 2.45) is 5.73 Å². The number of hydrogen-bond donors (Lipinski definition) is 5. The zero-order chi connectivity index (χ0) is 21.8. The van der Waals surface area contributed by atoms with Gasteiger partial charge in [0.15, 0.2) is 12.2 Å². The zero-order valence-corrected chi connectivity index (χ0v) is 15.1. The van der Waals surface area contributed by atoms with E-state index < -0.39 is 42.8 Å². The van der Waals surface area contributed by atoms with Gasteiger partial charge in [-0.2, -0.15) is 0 Å². The fraction of sp³-hybridized carbons (Fsp3) is 0.211. The predicted molar refractivity (Wildman–Crippen MR) is 98.9 cm³/mol. The Kier molecular flexibility index (Phi) is 9.99. The van der Waals surface area contributed by atoms with Crippen molar-refractivity contribution in [3.05, 3.63) is 60.7 Å². The average Bonchev–Trinajstić information content (AvgIpc) is 2.73. The van der Waals surface area contributed by atoms with Gasteiger partial charge in [-0.25, -0.2) is 9.59 Å². The molecule has 2 rings (SSSR count). The van der Waals surface area contributed by atoms with E-state index in [0.29, 0.717) is 0 Å². The van der Waals surface area contributed by atoms with Crippen LogP contribution in [-0.4, -0.2) is 63.2 Å². The normalized spacial score (nSPS) is 13.1. The number of esters is 2. The summed E-state index contributed by atoms with van der Waals surface area (Å²) in [5.41, 5.74) is 4.77. The number of benzene rings is 2. The third-order valence-electron chi connectivity index (χ3n) is 3.22. The monoisotopic (exact) mass is 407 g/mol. The number of aliphatic hydroxyl groups is 3. The van der Waals surface area contributed by atoms with Crippen LogP contribution in [0.5, 0.6) is 11.5 Å². The number of para-hydroxylation sites is 2. The van der Waals surface area contributed by atoms with Crippen molar-refractivity contribution in [2.75, 3.05) is 6.61 Å². The number of aliphatic hydroxyl groups excluding tert-OH is 3. The second kappa shape index (κ2) is 12.2. The Balaban J connectivity index is 0.000000516. The molecule has 0 amide bonds. The van der Waals surface area contributed by atoms with E-state index in [1.54, 1.807) is 36.4 Å². The second-order valence-electron chi connectivity index (χ2n) is 5.49. The van der Waals surface area contributed by atoms with Gasteiger partial charge in [0.25, 0.3) is 0 Å². The lowest BCUT2D eigenvalue weighted by molar-refractivity contribution is -0.162. The summed E-state index contributed by atoms with van der Waals surface area (Å²) in [4.78, 5) is 33.0. The quantitative estimate of drug-likeness (QED) is 0.291. The number of aliphatic carboxylic acids is 1. The first-order valence-corrected chi connectivity index (χ1v) is 8.25. The van der Waals surface area contributed by atoms with Gasteiger partial charge < -0.3 is 35.6 Å². The summed E-state index contributed by atoms with van der Waals surface area (Å²) in [6, 6.07) is 14.9. The molecule has 2 unspecified atom stereocenters. The van der Waals surface area contributed by atoms with Gasteiger partial charge in [0.2, 0.25) is 0 Å². The van der Waals surface area contributed by atoms with Crippen molar-refractivity contribution >= 4 is 17.9 Å². The van der Waals surface area contributed by atoms with E-state index in [0.717, 1.165) is 0 Å².